The fourth-order valence-electron chi connectivity index (χ4n) is 2.98. The molecule has 1 heterocycles. The van der Waals surface area contributed by atoms with Crippen molar-refractivity contribution in [2.45, 2.75) is 32.4 Å². The Morgan fingerprint density at radius 1 is 1.50 bits per heavy atom. The quantitative estimate of drug-likeness (QED) is 0.856. The van der Waals surface area contributed by atoms with E-state index in [1.54, 1.807) is 6.07 Å². The number of piperidine rings is 1. The first-order valence-electron chi connectivity index (χ1n) is 7.18. The first kappa shape index (κ1) is 15.0. The second-order valence-corrected chi connectivity index (χ2v) is 5.53. The van der Waals surface area contributed by atoms with E-state index in [1.807, 2.05) is 18.2 Å². The molecule has 1 aromatic carbocycles. The lowest BCUT2D eigenvalue weighted by Gasteiger charge is -2.39. The van der Waals surface area contributed by atoms with Crippen molar-refractivity contribution in [3.05, 3.63) is 35.4 Å². The molecule has 0 spiro atoms. The molecule has 1 aromatic rings. The van der Waals surface area contributed by atoms with E-state index in [0.29, 0.717) is 11.5 Å². The third kappa shape index (κ3) is 3.38. The van der Waals surface area contributed by atoms with Crippen molar-refractivity contribution < 1.29 is 14.6 Å². The molecule has 0 aromatic heterocycles. The molecule has 110 valence electrons. The van der Waals surface area contributed by atoms with Crippen molar-refractivity contribution in [3.8, 4) is 0 Å². The topological polar surface area (TPSA) is 49.8 Å². The Hall–Kier alpha value is -1.39. The summed E-state index contributed by atoms with van der Waals surface area (Å²) in [6, 6.07) is 7.74. The number of aliphatic hydroxyl groups excluding tert-OH is 1. The minimum absolute atomic E-state index is 0.192. The van der Waals surface area contributed by atoms with E-state index in [-0.39, 0.29) is 18.6 Å². The molecule has 4 heteroatoms. The average molecular weight is 277 g/mol. The van der Waals surface area contributed by atoms with Gasteiger partial charge in [-0.3, -0.25) is 4.90 Å². The number of benzene rings is 1. The summed E-state index contributed by atoms with van der Waals surface area (Å²) in [5.41, 5.74) is 1.66. The molecule has 0 saturated carbocycles. The normalized spacial score (nSPS) is 23.6. The first-order valence-corrected chi connectivity index (χ1v) is 7.18. The molecule has 1 aliphatic heterocycles. The molecule has 1 N–H and O–H groups in total. The molecule has 0 aliphatic carbocycles. The number of hydrogen-bond donors (Lipinski definition) is 1. The maximum Gasteiger partial charge on any atom is 0.337 e. The molecular formula is C16H23NO3. The Kier molecular flexibility index (Phi) is 5.15. The monoisotopic (exact) mass is 277 g/mol. The molecule has 1 saturated heterocycles. The van der Waals surface area contributed by atoms with Gasteiger partial charge < -0.3 is 9.84 Å². The zero-order valence-corrected chi connectivity index (χ0v) is 12.2. The molecule has 0 radical (unpaired) electrons. The highest BCUT2D eigenvalue weighted by Crippen LogP contribution is 2.24. The number of aliphatic hydroxyl groups is 1. The Morgan fingerprint density at radius 2 is 2.30 bits per heavy atom. The van der Waals surface area contributed by atoms with Gasteiger partial charge in [0.2, 0.25) is 0 Å². The summed E-state index contributed by atoms with van der Waals surface area (Å²) in [6.45, 7) is 4.15. The molecule has 2 rings (SSSR count). The second kappa shape index (κ2) is 6.86. The SMILES string of the molecule is COC(=O)c1cccc(CN2CCCC(C)C2CO)c1. The summed E-state index contributed by atoms with van der Waals surface area (Å²) in [5.74, 6) is 0.204. The standard InChI is InChI=1S/C16H23NO3/c1-12-5-4-8-17(15(12)11-18)10-13-6-3-7-14(9-13)16(19)20-2/h3,6-7,9,12,15,18H,4-5,8,10-11H2,1-2H3. The Labute approximate surface area is 120 Å². The van der Waals surface area contributed by atoms with Gasteiger partial charge in [-0.2, -0.15) is 0 Å². The van der Waals surface area contributed by atoms with Crippen molar-refractivity contribution in [3.63, 3.8) is 0 Å². The van der Waals surface area contributed by atoms with Crippen LogP contribution in [0.15, 0.2) is 24.3 Å². The second-order valence-electron chi connectivity index (χ2n) is 5.53. The minimum Gasteiger partial charge on any atom is -0.465 e. The number of hydrogen-bond acceptors (Lipinski definition) is 4. The van der Waals surface area contributed by atoms with Crippen LogP contribution in [0.3, 0.4) is 0 Å². The molecule has 2 unspecified atom stereocenters. The van der Waals surface area contributed by atoms with Crippen LogP contribution in [0, 0.1) is 5.92 Å². The average Bonchev–Trinajstić information content (AvgIpc) is 2.47. The van der Waals surface area contributed by atoms with Crippen molar-refractivity contribution in [1.82, 2.24) is 4.90 Å². The van der Waals surface area contributed by atoms with Gasteiger partial charge in [0.1, 0.15) is 0 Å². The number of methoxy groups -OCH3 is 1. The number of nitrogens with zero attached hydrogens (tertiary/aromatic N) is 1. The van der Waals surface area contributed by atoms with Crippen LogP contribution in [0.25, 0.3) is 0 Å². The minimum atomic E-state index is -0.308. The van der Waals surface area contributed by atoms with Gasteiger partial charge >= 0.3 is 5.97 Å². The van der Waals surface area contributed by atoms with Gasteiger partial charge in [-0.25, -0.2) is 4.79 Å². The Balaban J connectivity index is 2.10. The molecule has 4 nitrogen and oxygen atoms in total. The Bertz CT molecular complexity index is 461. The molecule has 20 heavy (non-hydrogen) atoms. The molecule has 1 fully saturated rings. The molecule has 0 amide bonds. The van der Waals surface area contributed by atoms with Crippen LogP contribution in [0.5, 0.6) is 0 Å². The summed E-state index contributed by atoms with van der Waals surface area (Å²) in [5, 5.41) is 9.57. The van der Waals surface area contributed by atoms with Crippen LogP contribution in [-0.2, 0) is 11.3 Å². The van der Waals surface area contributed by atoms with E-state index in [2.05, 4.69) is 11.8 Å². The number of esters is 1. The zero-order chi connectivity index (χ0) is 14.5. The number of likely N-dealkylation sites (tertiary alicyclic amines) is 1. The lowest BCUT2D eigenvalue weighted by atomic mass is 9.91. The van der Waals surface area contributed by atoms with Crippen LogP contribution in [-0.4, -0.2) is 42.3 Å². The van der Waals surface area contributed by atoms with E-state index in [0.717, 1.165) is 25.1 Å². The summed E-state index contributed by atoms with van der Waals surface area (Å²) < 4.78 is 4.75. The fourth-order valence-corrected chi connectivity index (χ4v) is 2.98. The van der Waals surface area contributed by atoms with Crippen molar-refractivity contribution >= 4 is 5.97 Å². The zero-order valence-electron chi connectivity index (χ0n) is 12.2. The summed E-state index contributed by atoms with van der Waals surface area (Å²) in [7, 11) is 1.39. The molecule has 0 bridgehead atoms. The predicted molar refractivity (Wildman–Crippen MR) is 77.5 cm³/mol. The highest BCUT2D eigenvalue weighted by molar-refractivity contribution is 5.89. The van der Waals surface area contributed by atoms with E-state index in [4.69, 9.17) is 4.74 Å². The van der Waals surface area contributed by atoms with Gasteiger partial charge in [-0.05, 0) is 43.0 Å². The largest absolute Gasteiger partial charge is 0.465 e. The molecule has 2 atom stereocenters. The van der Waals surface area contributed by atoms with E-state index < -0.39 is 0 Å². The van der Waals surface area contributed by atoms with Gasteiger partial charge in [-0.1, -0.05) is 19.1 Å². The number of carbonyl (C=O) groups excluding carboxylic acids is 1. The van der Waals surface area contributed by atoms with Crippen LogP contribution in [0.4, 0.5) is 0 Å². The first-order chi connectivity index (χ1) is 9.65. The number of ether oxygens (including phenoxy) is 1. The van der Waals surface area contributed by atoms with Crippen molar-refractivity contribution in [2.75, 3.05) is 20.3 Å². The predicted octanol–water partition coefficient (Wildman–Crippen LogP) is 2.07. The highest BCUT2D eigenvalue weighted by Gasteiger charge is 2.27. The van der Waals surface area contributed by atoms with Gasteiger partial charge in [0.05, 0.1) is 19.3 Å². The van der Waals surface area contributed by atoms with Crippen LogP contribution < -0.4 is 0 Å². The van der Waals surface area contributed by atoms with E-state index in [9.17, 15) is 9.90 Å². The third-order valence-electron chi connectivity index (χ3n) is 4.15. The third-order valence-corrected chi connectivity index (χ3v) is 4.15. The lowest BCUT2D eigenvalue weighted by molar-refractivity contribution is 0.0471. The van der Waals surface area contributed by atoms with Crippen LogP contribution in [0.1, 0.15) is 35.7 Å². The summed E-state index contributed by atoms with van der Waals surface area (Å²) in [6.07, 6.45) is 2.33. The number of rotatable bonds is 4. The maximum atomic E-state index is 11.6. The Morgan fingerprint density at radius 3 is 3.00 bits per heavy atom. The number of carbonyl (C=O) groups is 1. The van der Waals surface area contributed by atoms with Crippen LogP contribution in [0.2, 0.25) is 0 Å². The van der Waals surface area contributed by atoms with Crippen LogP contribution >= 0.6 is 0 Å². The van der Waals surface area contributed by atoms with Gasteiger partial charge in [0.25, 0.3) is 0 Å². The van der Waals surface area contributed by atoms with Gasteiger partial charge in [0.15, 0.2) is 0 Å². The summed E-state index contributed by atoms with van der Waals surface area (Å²) in [4.78, 5) is 13.9. The van der Waals surface area contributed by atoms with Crippen molar-refractivity contribution in [2.24, 2.45) is 5.92 Å². The van der Waals surface area contributed by atoms with E-state index in [1.165, 1.54) is 13.5 Å². The molecular weight excluding hydrogens is 254 g/mol. The lowest BCUT2D eigenvalue weighted by Crippen LogP contribution is -2.45. The van der Waals surface area contributed by atoms with Crippen molar-refractivity contribution in [1.29, 1.82) is 0 Å². The van der Waals surface area contributed by atoms with Gasteiger partial charge in [0, 0.05) is 12.6 Å². The van der Waals surface area contributed by atoms with E-state index >= 15 is 0 Å². The smallest absolute Gasteiger partial charge is 0.337 e. The van der Waals surface area contributed by atoms with Gasteiger partial charge in [-0.15, -0.1) is 0 Å². The maximum absolute atomic E-state index is 11.6. The fraction of sp³-hybridized carbons (Fsp3) is 0.562. The highest BCUT2D eigenvalue weighted by atomic mass is 16.5. The molecule has 1 aliphatic rings. The summed E-state index contributed by atoms with van der Waals surface area (Å²) >= 11 is 0.